The van der Waals surface area contributed by atoms with Gasteiger partial charge < -0.3 is 10.4 Å². The van der Waals surface area contributed by atoms with E-state index in [1.54, 1.807) is 12.4 Å². The SMILES string of the molecule is O=C(O)C1CCC(Nc2ncc(Cl)cn2)CC1. The van der Waals surface area contributed by atoms with Crippen LogP contribution in [-0.4, -0.2) is 27.1 Å². The van der Waals surface area contributed by atoms with E-state index in [0.29, 0.717) is 23.8 Å². The number of carboxylic acids is 1. The van der Waals surface area contributed by atoms with Crippen molar-refractivity contribution in [3.05, 3.63) is 17.4 Å². The van der Waals surface area contributed by atoms with Crippen LogP contribution in [0.15, 0.2) is 12.4 Å². The van der Waals surface area contributed by atoms with Gasteiger partial charge >= 0.3 is 5.97 Å². The number of anilines is 1. The Bertz CT molecular complexity index is 388. The second kappa shape index (κ2) is 5.31. The highest BCUT2D eigenvalue weighted by Gasteiger charge is 2.25. The van der Waals surface area contributed by atoms with E-state index in [1.807, 2.05) is 0 Å². The lowest BCUT2D eigenvalue weighted by molar-refractivity contribution is -0.142. The van der Waals surface area contributed by atoms with E-state index in [4.69, 9.17) is 16.7 Å². The molecule has 1 aliphatic rings. The quantitative estimate of drug-likeness (QED) is 0.866. The predicted molar refractivity (Wildman–Crippen MR) is 64.0 cm³/mol. The average molecular weight is 256 g/mol. The highest BCUT2D eigenvalue weighted by atomic mass is 35.5. The number of hydrogen-bond donors (Lipinski definition) is 2. The van der Waals surface area contributed by atoms with E-state index in [9.17, 15) is 4.79 Å². The minimum atomic E-state index is -0.689. The van der Waals surface area contributed by atoms with Crippen LogP contribution in [0.25, 0.3) is 0 Å². The molecule has 0 atom stereocenters. The average Bonchev–Trinajstić information content (AvgIpc) is 2.33. The molecule has 5 nitrogen and oxygen atoms in total. The van der Waals surface area contributed by atoms with Crippen molar-refractivity contribution in [1.29, 1.82) is 0 Å². The number of nitrogens with one attached hydrogen (secondary N) is 1. The van der Waals surface area contributed by atoms with E-state index < -0.39 is 5.97 Å². The standard InChI is InChI=1S/C11H14ClN3O2/c12-8-5-13-11(14-6-8)15-9-3-1-7(2-4-9)10(16)17/h5-7,9H,1-4H2,(H,16,17)(H,13,14,15). The lowest BCUT2D eigenvalue weighted by Gasteiger charge is -2.26. The summed E-state index contributed by atoms with van der Waals surface area (Å²) >= 11 is 5.69. The molecule has 0 bridgehead atoms. The van der Waals surface area contributed by atoms with E-state index in [-0.39, 0.29) is 12.0 Å². The molecule has 1 aromatic heterocycles. The second-order valence-corrected chi connectivity index (χ2v) is 4.69. The first-order valence-corrected chi connectivity index (χ1v) is 6.00. The number of aliphatic carboxylic acids is 1. The molecule has 0 saturated heterocycles. The Morgan fingerprint density at radius 1 is 1.29 bits per heavy atom. The van der Waals surface area contributed by atoms with Gasteiger partial charge in [0.1, 0.15) is 0 Å². The number of carbonyl (C=O) groups is 1. The summed E-state index contributed by atoms with van der Waals surface area (Å²) in [6, 6.07) is 0.256. The molecule has 1 aromatic rings. The van der Waals surface area contributed by atoms with Gasteiger partial charge in [0.05, 0.1) is 23.3 Å². The first-order chi connectivity index (χ1) is 8.15. The zero-order valence-electron chi connectivity index (χ0n) is 9.27. The maximum absolute atomic E-state index is 10.8. The fourth-order valence-corrected chi connectivity index (χ4v) is 2.15. The van der Waals surface area contributed by atoms with Gasteiger partial charge in [-0.05, 0) is 25.7 Å². The van der Waals surface area contributed by atoms with Crippen molar-refractivity contribution in [3.8, 4) is 0 Å². The summed E-state index contributed by atoms with van der Waals surface area (Å²) < 4.78 is 0. The molecule has 0 spiro atoms. The third kappa shape index (κ3) is 3.30. The van der Waals surface area contributed by atoms with Crippen LogP contribution in [-0.2, 0) is 4.79 Å². The summed E-state index contributed by atoms with van der Waals surface area (Å²) in [6.45, 7) is 0. The van der Waals surface area contributed by atoms with Gasteiger partial charge in [-0.1, -0.05) is 11.6 Å². The van der Waals surface area contributed by atoms with Crippen LogP contribution in [0.3, 0.4) is 0 Å². The van der Waals surface area contributed by atoms with E-state index in [0.717, 1.165) is 12.8 Å². The minimum Gasteiger partial charge on any atom is -0.481 e. The molecule has 1 heterocycles. The lowest BCUT2D eigenvalue weighted by atomic mass is 9.86. The molecule has 6 heteroatoms. The zero-order valence-corrected chi connectivity index (χ0v) is 10.0. The Labute approximate surface area is 104 Å². The van der Waals surface area contributed by atoms with Gasteiger partial charge in [0.25, 0.3) is 0 Å². The third-order valence-electron chi connectivity index (χ3n) is 3.03. The van der Waals surface area contributed by atoms with Gasteiger partial charge in [-0.15, -0.1) is 0 Å². The first-order valence-electron chi connectivity index (χ1n) is 5.62. The molecule has 0 amide bonds. The monoisotopic (exact) mass is 255 g/mol. The summed E-state index contributed by atoms with van der Waals surface area (Å²) in [5, 5.41) is 12.6. The van der Waals surface area contributed by atoms with Gasteiger partial charge in [-0.2, -0.15) is 0 Å². The number of rotatable bonds is 3. The molecule has 0 radical (unpaired) electrons. The Balaban J connectivity index is 1.85. The summed E-state index contributed by atoms with van der Waals surface area (Å²) in [6.07, 6.45) is 6.17. The van der Waals surface area contributed by atoms with E-state index in [2.05, 4.69) is 15.3 Å². The van der Waals surface area contributed by atoms with Crippen molar-refractivity contribution in [2.45, 2.75) is 31.7 Å². The van der Waals surface area contributed by atoms with Crippen LogP contribution < -0.4 is 5.32 Å². The predicted octanol–water partition coefficient (Wildman–Crippen LogP) is 2.19. The molecule has 0 unspecified atom stereocenters. The van der Waals surface area contributed by atoms with E-state index >= 15 is 0 Å². The highest BCUT2D eigenvalue weighted by Crippen LogP contribution is 2.26. The molecule has 92 valence electrons. The smallest absolute Gasteiger partial charge is 0.306 e. The molecule has 0 aromatic carbocycles. The van der Waals surface area contributed by atoms with Crippen molar-refractivity contribution in [2.24, 2.45) is 5.92 Å². The van der Waals surface area contributed by atoms with Crippen molar-refractivity contribution >= 4 is 23.5 Å². The van der Waals surface area contributed by atoms with Crippen molar-refractivity contribution in [2.75, 3.05) is 5.32 Å². The topological polar surface area (TPSA) is 75.1 Å². The minimum absolute atomic E-state index is 0.195. The van der Waals surface area contributed by atoms with Crippen LogP contribution in [0.5, 0.6) is 0 Å². The zero-order chi connectivity index (χ0) is 12.3. The largest absolute Gasteiger partial charge is 0.481 e. The van der Waals surface area contributed by atoms with Crippen molar-refractivity contribution < 1.29 is 9.90 Å². The third-order valence-corrected chi connectivity index (χ3v) is 3.23. The molecule has 2 rings (SSSR count). The number of halogens is 1. The fraction of sp³-hybridized carbons (Fsp3) is 0.545. The normalized spacial score (nSPS) is 24.3. The summed E-state index contributed by atoms with van der Waals surface area (Å²) in [5.41, 5.74) is 0. The Morgan fingerprint density at radius 2 is 1.88 bits per heavy atom. The Kier molecular flexibility index (Phi) is 3.78. The van der Waals surface area contributed by atoms with Crippen molar-refractivity contribution in [3.63, 3.8) is 0 Å². The maximum Gasteiger partial charge on any atom is 0.306 e. The van der Waals surface area contributed by atoms with Crippen LogP contribution in [0, 0.1) is 5.92 Å². The number of nitrogens with zero attached hydrogens (tertiary/aromatic N) is 2. The van der Waals surface area contributed by atoms with Gasteiger partial charge in [0, 0.05) is 6.04 Å². The molecular formula is C11H14ClN3O2. The van der Waals surface area contributed by atoms with Crippen LogP contribution in [0.4, 0.5) is 5.95 Å². The number of aromatic nitrogens is 2. The Morgan fingerprint density at radius 3 is 2.41 bits per heavy atom. The fourth-order valence-electron chi connectivity index (χ4n) is 2.05. The van der Waals surface area contributed by atoms with Gasteiger partial charge in [-0.3, -0.25) is 4.79 Å². The van der Waals surface area contributed by atoms with Gasteiger partial charge in [0.15, 0.2) is 0 Å². The van der Waals surface area contributed by atoms with Gasteiger partial charge in [0.2, 0.25) is 5.95 Å². The summed E-state index contributed by atoms with van der Waals surface area (Å²) in [7, 11) is 0. The molecule has 1 fully saturated rings. The molecule has 1 saturated carbocycles. The lowest BCUT2D eigenvalue weighted by Crippen LogP contribution is -2.29. The maximum atomic E-state index is 10.8. The highest BCUT2D eigenvalue weighted by molar-refractivity contribution is 6.30. The molecular weight excluding hydrogens is 242 g/mol. The number of carboxylic acid groups (broad SMARTS) is 1. The molecule has 1 aliphatic carbocycles. The molecule has 2 N–H and O–H groups in total. The Hall–Kier alpha value is -1.36. The summed E-state index contributed by atoms with van der Waals surface area (Å²) in [4.78, 5) is 18.9. The van der Waals surface area contributed by atoms with Crippen LogP contribution in [0.1, 0.15) is 25.7 Å². The molecule has 17 heavy (non-hydrogen) atoms. The van der Waals surface area contributed by atoms with Crippen LogP contribution >= 0.6 is 11.6 Å². The van der Waals surface area contributed by atoms with Gasteiger partial charge in [-0.25, -0.2) is 9.97 Å². The molecule has 0 aliphatic heterocycles. The van der Waals surface area contributed by atoms with Crippen LogP contribution in [0.2, 0.25) is 5.02 Å². The second-order valence-electron chi connectivity index (χ2n) is 4.26. The van der Waals surface area contributed by atoms with E-state index in [1.165, 1.54) is 0 Å². The van der Waals surface area contributed by atoms with Crippen molar-refractivity contribution in [1.82, 2.24) is 9.97 Å². The first kappa shape index (κ1) is 12.1. The summed E-state index contributed by atoms with van der Waals surface area (Å²) in [5.74, 6) is -0.335. The number of hydrogen-bond acceptors (Lipinski definition) is 4.